The van der Waals surface area contributed by atoms with Crippen LogP contribution in [-0.4, -0.2) is 18.2 Å². The van der Waals surface area contributed by atoms with Gasteiger partial charge in [0.25, 0.3) is 0 Å². The van der Waals surface area contributed by atoms with E-state index in [1.165, 1.54) is 0 Å². The molecule has 84 valence electrons. The van der Waals surface area contributed by atoms with Gasteiger partial charge in [-0.15, -0.1) is 0 Å². The molecule has 0 unspecified atom stereocenters. The van der Waals surface area contributed by atoms with Crippen LogP contribution in [0.15, 0.2) is 48.6 Å². The molecule has 0 heterocycles. The lowest BCUT2D eigenvalue weighted by Gasteiger charge is -2.13. The van der Waals surface area contributed by atoms with Crippen LogP contribution in [0.4, 0.5) is 0 Å². The molecule has 0 saturated carbocycles. The molecule has 2 nitrogen and oxygen atoms in total. The van der Waals surface area contributed by atoms with Gasteiger partial charge < -0.3 is 10.6 Å². The first-order chi connectivity index (χ1) is 7.84. The molecule has 2 rings (SSSR count). The highest BCUT2D eigenvalue weighted by Gasteiger charge is 2.06. The summed E-state index contributed by atoms with van der Waals surface area (Å²) in [4.78, 5) is 0. The van der Waals surface area contributed by atoms with E-state index in [0.29, 0.717) is 11.8 Å². The van der Waals surface area contributed by atoms with Gasteiger partial charge >= 0.3 is 0 Å². The lowest BCUT2D eigenvalue weighted by atomic mass is 10.2. The average Bonchev–Trinajstić information content (AvgIpc) is 2.96. The number of nitrogens with one attached hydrogen (secondary N) is 2. The van der Waals surface area contributed by atoms with Gasteiger partial charge in [0.2, 0.25) is 0 Å². The van der Waals surface area contributed by atoms with Crippen molar-refractivity contribution in [2.75, 3.05) is 13.1 Å². The lowest BCUT2D eigenvalue weighted by molar-refractivity contribution is 0.713. The minimum Gasteiger partial charge on any atom is -0.362 e. The molecule has 16 heavy (non-hydrogen) atoms. The molecule has 0 aromatic carbocycles. The maximum Gasteiger partial charge on any atom is 0.166 e. The highest BCUT2D eigenvalue weighted by atomic mass is 32.1. The molecule has 3 heteroatoms. The molecule has 0 aromatic heterocycles. The van der Waals surface area contributed by atoms with Gasteiger partial charge in [-0.1, -0.05) is 48.6 Å². The number of hydrogen-bond donors (Lipinski definition) is 2. The molecule has 0 bridgehead atoms. The Morgan fingerprint density at radius 3 is 1.56 bits per heavy atom. The van der Waals surface area contributed by atoms with Crippen LogP contribution >= 0.6 is 12.2 Å². The zero-order valence-corrected chi connectivity index (χ0v) is 9.91. The number of allylic oxidation sites excluding steroid dienone is 4. The predicted octanol–water partition coefficient (Wildman–Crippen LogP) is 1.93. The van der Waals surface area contributed by atoms with Gasteiger partial charge in [0, 0.05) is 24.9 Å². The van der Waals surface area contributed by atoms with Crippen LogP contribution in [0, 0.1) is 11.8 Å². The zero-order valence-electron chi connectivity index (χ0n) is 9.10. The normalized spacial score (nSPS) is 18.5. The third-order valence-corrected chi connectivity index (χ3v) is 2.94. The second-order valence-electron chi connectivity index (χ2n) is 3.96. The van der Waals surface area contributed by atoms with Crippen molar-refractivity contribution in [1.82, 2.24) is 10.6 Å². The Hall–Kier alpha value is -1.35. The average molecular weight is 232 g/mol. The van der Waals surface area contributed by atoms with Crippen LogP contribution in [0.1, 0.15) is 0 Å². The standard InChI is InChI=1S/C13H16N2S/c16-13(14-9-11-5-1-2-6-11)15-10-12-7-3-4-8-12/h1-8,11-12H,9-10H2,(H2,14,15,16). The molecule has 0 atom stereocenters. The van der Waals surface area contributed by atoms with Crippen molar-refractivity contribution in [3.63, 3.8) is 0 Å². The predicted molar refractivity (Wildman–Crippen MR) is 72.1 cm³/mol. The van der Waals surface area contributed by atoms with E-state index in [2.05, 4.69) is 59.2 Å². The van der Waals surface area contributed by atoms with Gasteiger partial charge in [-0.25, -0.2) is 0 Å². The van der Waals surface area contributed by atoms with E-state index in [4.69, 9.17) is 12.2 Å². The van der Waals surface area contributed by atoms with E-state index >= 15 is 0 Å². The lowest BCUT2D eigenvalue weighted by Crippen LogP contribution is -2.39. The largest absolute Gasteiger partial charge is 0.362 e. The van der Waals surface area contributed by atoms with E-state index < -0.39 is 0 Å². The smallest absolute Gasteiger partial charge is 0.166 e. The summed E-state index contributed by atoms with van der Waals surface area (Å²) in [5, 5.41) is 7.17. The molecule has 0 aliphatic heterocycles. The Labute approximate surface area is 102 Å². The zero-order chi connectivity index (χ0) is 11.2. The summed E-state index contributed by atoms with van der Waals surface area (Å²) in [5.74, 6) is 0.956. The van der Waals surface area contributed by atoms with Gasteiger partial charge in [0.1, 0.15) is 0 Å². The van der Waals surface area contributed by atoms with Crippen molar-refractivity contribution in [3.05, 3.63) is 48.6 Å². The van der Waals surface area contributed by atoms with Crippen LogP contribution < -0.4 is 10.6 Å². The fourth-order valence-corrected chi connectivity index (χ4v) is 1.88. The first-order valence-electron chi connectivity index (χ1n) is 5.56. The molecule has 0 spiro atoms. The Bertz CT molecular complexity index is 308. The summed E-state index contributed by atoms with van der Waals surface area (Å²) >= 11 is 5.20. The molecule has 0 saturated heterocycles. The Balaban J connectivity index is 1.60. The molecule has 0 amide bonds. The van der Waals surface area contributed by atoms with E-state index in [9.17, 15) is 0 Å². The first kappa shape index (κ1) is 11.1. The van der Waals surface area contributed by atoms with E-state index in [1.807, 2.05) is 0 Å². The van der Waals surface area contributed by atoms with Gasteiger partial charge in [-0.3, -0.25) is 0 Å². The summed E-state index contributed by atoms with van der Waals surface area (Å²) in [7, 11) is 0. The van der Waals surface area contributed by atoms with Crippen molar-refractivity contribution < 1.29 is 0 Å². The Kier molecular flexibility index (Phi) is 3.94. The molecule has 0 aromatic rings. The fraction of sp³-hybridized carbons (Fsp3) is 0.308. The van der Waals surface area contributed by atoms with Crippen LogP contribution in [-0.2, 0) is 0 Å². The maximum atomic E-state index is 5.20. The quantitative estimate of drug-likeness (QED) is 0.724. The van der Waals surface area contributed by atoms with Crippen molar-refractivity contribution in [2.45, 2.75) is 0 Å². The summed E-state index contributed by atoms with van der Waals surface area (Å²) < 4.78 is 0. The Morgan fingerprint density at radius 2 is 1.19 bits per heavy atom. The Morgan fingerprint density at radius 1 is 0.812 bits per heavy atom. The molecule has 2 aliphatic rings. The maximum absolute atomic E-state index is 5.20. The summed E-state index contributed by atoms with van der Waals surface area (Å²) in [6.07, 6.45) is 16.9. The molecule has 2 aliphatic carbocycles. The minimum absolute atomic E-state index is 0.478. The van der Waals surface area contributed by atoms with Gasteiger partial charge in [-0.2, -0.15) is 0 Å². The number of hydrogen-bond acceptors (Lipinski definition) is 1. The van der Waals surface area contributed by atoms with Crippen LogP contribution in [0.25, 0.3) is 0 Å². The third kappa shape index (κ3) is 3.35. The van der Waals surface area contributed by atoms with Gasteiger partial charge in [0.05, 0.1) is 0 Å². The fourth-order valence-electron chi connectivity index (χ4n) is 1.71. The topological polar surface area (TPSA) is 24.1 Å². The van der Waals surface area contributed by atoms with Crippen LogP contribution in [0.2, 0.25) is 0 Å². The van der Waals surface area contributed by atoms with E-state index in [1.54, 1.807) is 0 Å². The van der Waals surface area contributed by atoms with Crippen molar-refractivity contribution >= 4 is 17.3 Å². The van der Waals surface area contributed by atoms with Crippen molar-refractivity contribution in [3.8, 4) is 0 Å². The summed E-state index contributed by atoms with van der Waals surface area (Å²) in [5.41, 5.74) is 0. The van der Waals surface area contributed by atoms with E-state index in [0.717, 1.165) is 18.2 Å². The van der Waals surface area contributed by atoms with Crippen molar-refractivity contribution in [2.24, 2.45) is 11.8 Å². The molecule has 2 N–H and O–H groups in total. The van der Waals surface area contributed by atoms with Gasteiger partial charge in [-0.05, 0) is 12.2 Å². The molecule has 0 radical (unpaired) electrons. The third-order valence-electron chi connectivity index (χ3n) is 2.65. The SMILES string of the molecule is S=C(NCC1C=CC=C1)NCC1C=CC=C1. The van der Waals surface area contributed by atoms with Crippen molar-refractivity contribution in [1.29, 1.82) is 0 Å². The second-order valence-corrected chi connectivity index (χ2v) is 4.37. The summed E-state index contributed by atoms with van der Waals surface area (Å²) in [6, 6.07) is 0. The summed E-state index contributed by atoms with van der Waals surface area (Å²) in [6.45, 7) is 1.74. The minimum atomic E-state index is 0.478. The highest BCUT2D eigenvalue weighted by molar-refractivity contribution is 7.80. The van der Waals surface area contributed by atoms with Crippen LogP contribution in [0.3, 0.4) is 0 Å². The number of rotatable bonds is 4. The van der Waals surface area contributed by atoms with Gasteiger partial charge in [0.15, 0.2) is 5.11 Å². The molecular weight excluding hydrogens is 216 g/mol. The second kappa shape index (κ2) is 5.66. The molecule has 0 fully saturated rings. The molecular formula is C13H16N2S. The first-order valence-corrected chi connectivity index (χ1v) is 5.97. The van der Waals surface area contributed by atoms with Crippen LogP contribution in [0.5, 0.6) is 0 Å². The monoisotopic (exact) mass is 232 g/mol. The highest BCUT2D eigenvalue weighted by Crippen LogP contribution is 2.07. The van der Waals surface area contributed by atoms with E-state index in [-0.39, 0.29) is 0 Å². The number of thiocarbonyl (C=S) groups is 1.